The molecule has 0 saturated heterocycles. The van der Waals surface area contributed by atoms with E-state index in [1.165, 1.54) is 0 Å². The molecule has 82 valence electrons. The fourth-order valence-corrected chi connectivity index (χ4v) is 2.00. The molecule has 0 radical (unpaired) electrons. The van der Waals surface area contributed by atoms with Crippen LogP contribution in [-0.2, 0) is 0 Å². The van der Waals surface area contributed by atoms with Gasteiger partial charge in [-0.3, -0.25) is 0 Å². The molecule has 1 aliphatic heterocycles. The summed E-state index contributed by atoms with van der Waals surface area (Å²) in [5.41, 5.74) is 10.1. The average Bonchev–Trinajstić information content (AvgIpc) is 2.69. The molecule has 0 saturated carbocycles. The number of hydrogen-bond donors (Lipinski definition) is 1. The Balaban J connectivity index is 2.10. The van der Waals surface area contributed by atoms with E-state index in [-0.39, 0.29) is 0 Å². The number of amidine groups is 1. The SMILES string of the molecule is NC1=N/C(=C\c2ccccc2)c2ccccc21. The van der Waals surface area contributed by atoms with Gasteiger partial charge in [0.05, 0.1) is 5.70 Å². The summed E-state index contributed by atoms with van der Waals surface area (Å²) in [5, 5.41) is 0. The lowest BCUT2D eigenvalue weighted by atomic mass is 10.1. The van der Waals surface area contributed by atoms with Gasteiger partial charge in [-0.15, -0.1) is 0 Å². The molecule has 0 bridgehead atoms. The van der Waals surface area contributed by atoms with Gasteiger partial charge in [0, 0.05) is 11.1 Å². The van der Waals surface area contributed by atoms with E-state index in [0.29, 0.717) is 5.84 Å². The second-order valence-corrected chi connectivity index (χ2v) is 3.98. The molecule has 0 amide bonds. The Morgan fingerprint density at radius 2 is 1.47 bits per heavy atom. The van der Waals surface area contributed by atoms with Gasteiger partial charge in [0.15, 0.2) is 0 Å². The van der Waals surface area contributed by atoms with Crippen molar-refractivity contribution < 1.29 is 0 Å². The molecular weight excluding hydrogens is 208 g/mol. The molecule has 2 aromatic carbocycles. The van der Waals surface area contributed by atoms with E-state index in [2.05, 4.69) is 23.2 Å². The Morgan fingerprint density at radius 1 is 0.824 bits per heavy atom. The quantitative estimate of drug-likeness (QED) is 0.788. The Hall–Kier alpha value is -2.35. The predicted octanol–water partition coefficient (Wildman–Crippen LogP) is 2.90. The number of benzene rings is 2. The van der Waals surface area contributed by atoms with Gasteiger partial charge in [0.25, 0.3) is 0 Å². The van der Waals surface area contributed by atoms with Crippen LogP contribution in [0.15, 0.2) is 59.6 Å². The van der Waals surface area contributed by atoms with Crippen LogP contribution in [0, 0.1) is 0 Å². The van der Waals surface area contributed by atoms with Crippen LogP contribution in [0.1, 0.15) is 16.7 Å². The number of hydrogen-bond acceptors (Lipinski definition) is 2. The van der Waals surface area contributed by atoms with Crippen molar-refractivity contribution in [2.75, 3.05) is 0 Å². The Kier molecular flexibility index (Phi) is 2.26. The van der Waals surface area contributed by atoms with Gasteiger partial charge in [0.2, 0.25) is 0 Å². The van der Waals surface area contributed by atoms with E-state index in [9.17, 15) is 0 Å². The van der Waals surface area contributed by atoms with Crippen molar-refractivity contribution >= 4 is 17.6 Å². The zero-order chi connectivity index (χ0) is 11.7. The molecule has 3 rings (SSSR count). The predicted molar refractivity (Wildman–Crippen MR) is 71.5 cm³/mol. The summed E-state index contributed by atoms with van der Waals surface area (Å²) in [7, 11) is 0. The van der Waals surface area contributed by atoms with Crippen molar-refractivity contribution in [3.63, 3.8) is 0 Å². The first kappa shape index (κ1) is 9.85. The van der Waals surface area contributed by atoms with E-state index in [4.69, 9.17) is 5.73 Å². The lowest BCUT2D eigenvalue weighted by molar-refractivity contribution is 1.57. The number of nitrogens with zero attached hydrogens (tertiary/aromatic N) is 1. The monoisotopic (exact) mass is 220 g/mol. The smallest absolute Gasteiger partial charge is 0.132 e. The summed E-state index contributed by atoms with van der Waals surface area (Å²) in [6.07, 6.45) is 2.05. The van der Waals surface area contributed by atoms with Gasteiger partial charge < -0.3 is 5.73 Å². The molecule has 0 aliphatic carbocycles. The topological polar surface area (TPSA) is 38.4 Å². The highest BCUT2D eigenvalue weighted by atomic mass is 14.9. The number of rotatable bonds is 1. The Morgan fingerprint density at radius 3 is 2.24 bits per heavy atom. The summed E-state index contributed by atoms with van der Waals surface area (Å²) >= 11 is 0. The molecule has 0 atom stereocenters. The van der Waals surface area contributed by atoms with Crippen LogP contribution in [-0.4, -0.2) is 5.84 Å². The molecule has 1 aliphatic rings. The maximum Gasteiger partial charge on any atom is 0.132 e. The fourth-order valence-electron chi connectivity index (χ4n) is 2.00. The Labute approximate surface area is 100 Å². The second-order valence-electron chi connectivity index (χ2n) is 3.98. The first-order valence-corrected chi connectivity index (χ1v) is 5.55. The third kappa shape index (κ3) is 1.74. The standard InChI is InChI=1S/C15H12N2/c16-15-13-9-5-4-8-12(13)14(17-15)10-11-6-2-1-3-7-11/h1-10H,(H2,16,17)/b14-10-. The van der Waals surface area contributed by atoms with E-state index < -0.39 is 0 Å². The largest absolute Gasteiger partial charge is 0.383 e. The normalized spacial score (nSPS) is 15.8. The number of aliphatic imine (C=N–C) groups is 1. The molecule has 2 aromatic rings. The highest BCUT2D eigenvalue weighted by Gasteiger charge is 2.16. The van der Waals surface area contributed by atoms with E-state index in [1.54, 1.807) is 0 Å². The Bertz CT molecular complexity index is 610. The molecular formula is C15H12N2. The molecule has 17 heavy (non-hydrogen) atoms. The molecule has 2 nitrogen and oxygen atoms in total. The van der Waals surface area contributed by atoms with Crippen LogP contribution in [0.5, 0.6) is 0 Å². The minimum Gasteiger partial charge on any atom is -0.383 e. The minimum absolute atomic E-state index is 0.600. The van der Waals surface area contributed by atoms with Gasteiger partial charge in [-0.2, -0.15) is 0 Å². The molecule has 0 fully saturated rings. The van der Waals surface area contributed by atoms with Crippen molar-refractivity contribution in [1.29, 1.82) is 0 Å². The summed E-state index contributed by atoms with van der Waals surface area (Å²) < 4.78 is 0. The molecule has 2 heteroatoms. The average molecular weight is 220 g/mol. The van der Waals surface area contributed by atoms with Crippen molar-refractivity contribution in [1.82, 2.24) is 0 Å². The molecule has 1 heterocycles. The summed E-state index contributed by atoms with van der Waals surface area (Å²) in [6.45, 7) is 0. The van der Waals surface area contributed by atoms with Crippen molar-refractivity contribution in [2.24, 2.45) is 10.7 Å². The van der Waals surface area contributed by atoms with Crippen LogP contribution in [0.3, 0.4) is 0 Å². The maximum absolute atomic E-state index is 5.90. The van der Waals surface area contributed by atoms with Gasteiger partial charge in [-0.1, -0.05) is 54.6 Å². The van der Waals surface area contributed by atoms with Gasteiger partial charge in [-0.05, 0) is 11.6 Å². The highest BCUT2D eigenvalue weighted by Crippen LogP contribution is 2.28. The third-order valence-corrected chi connectivity index (χ3v) is 2.82. The van der Waals surface area contributed by atoms with Gasteiger partial charge >= 0.3 is 0 Å². The number of nitrogens with two attached hydrogens (primary N) is 1. The zero-order valence-electron chi connectivity index (χ0n) is 9.30. The summed E-state index contributed by atoms with van der Waals surface area (Å²) in [6, 6.07) is 18.2. The van der Waals surface area contributed by atoms with Gasteiger partial charge in [-0.25, -0.2) is 4.99 Å². The number of fused-ring (bicyclic) bond motifs is 1. The molecule has 0 spiro atoms. The van der Waals surface area contributed by atoms with Crippen LogP contribution >= 0.6 is 0 Å². The van der Waals surface area contributed by atoms with Crippen LogP contribution in [0.25, 0.3) is 11.8 Å². The van der Waals surface area contributed by atoms with Crippen LogP contribution in [0.2, 0.25) is 0 Å². The van der Waals surface area contributed by atoms with E-state index >= 15 is 0 Å². The molecule has 0 aromatic heterocycles. The third-order valence-electron chi connectivity index (χ3n) is 2.82. The van der Waals surface area contributed by atoms with E-state index in [1.807, 2.05) is 42.5 Å². The lowest BCUT2D eigenvalue weighted by Crippen LogP contribution is -2.09. The minimum atomic E-state index is 0.600. The first-order valence-electron chi connectivity index (χ1n) is 5.55. The molecule has 0 unspecified atom stereocenters. The highest BCUT2D eigenvalue weighted by molar-refractivity contribution is 6.11. The van der Waals surface area contributed by atoms with Crippen molar-refractivity contribution in [3.05, 3.63) is 71.3 Å². The first-order chi connectivity index (χ1) is 8.34. The second kappa shape index (κ2) is 3.91. The van der Waals surface area contributed by atoms with Gasteiger partial charge in [0.1, 0.15) is 5.84 Å². The molecule has 2 N–H and O–H groups in total. The summed E-state index contributed by atoms with van der Waals surface area (Å²) in [4.78, 5) is 4.41. The van der Waals surface area contributed by atoms with E-state index in [0.717, 1.165) is 22.4 Å². The van der Waals surface area contributed by atoms with Crippen LogP contribution in [0.4, 0.5) is 0 Å². The summed E-state index contributed by atoms with van der Waals surface area (Å²) in [5.74, 6) is 0.600. The lowest BCUT2D eigenvalue weighted by Gasteiger charge is -1.99. The fraction of sp³-hybridized carbons (Fsp3) is 0. The van der Waals surface area contributed by atoms with Crippen molar-refractivity contribution in [3.8, 4) is 0 Å². The zero-order valence-corrected chi connectivity index (χ0v) is 9.30. The maximum atomic E-state index is 5.90. The van der Waals surface area contributed by atoms with Crippen LogP contribution < -0.4 is 5.73 Å². The van der Waals surface area contributed by atoms with Crippen molar-refractivity contribution in [2.45, 2.75) is 0 Å².